The monoisotopic (exact) mass is 381 g/mol. The number of aryl methyl sites for hydroxylation is 1. The number of rotatable bonds is 5. The van der Waals surface area contributed by atoms with E-state index in [0.29, 0.717) is 37.1 Å². The van der Waals surface area contributed by atoms with Crippen LogP contribution < -0.4 is 4.74 Å². The maximum Gasteiger partial charge on any atom is 0.243 e. The third-order valence-corrected chi connectivity index (χ3v) is 6.19. The van der Waals surface area contributed by atoms with E-state index in [9.17, 15) is 8.42 Å². The molecule has 0 amide bonds. The van der Waals surface area contributed by atoms with Crippen molar-refractivity contribution in [2.24, 2.45) is 0 Å². The van der Waals surface area contributed by atoms with Crippen molar-refractivity contribution in [3.05, 3.63) is 58.6 Å². The Morgan fingerprint density at radius 1 is 1.16 bits per heavy atom. The fourth-order valence-corrected chi connectivity index (χ4v) is 4.26. The maximum atomic E-state index is 12.7. The van der Waals surface area contributed by atoms with Crippen molar-refractivity contribution >= 4 is 21.6 Å². The molecular formula is C18H20ClNO4S. The maximum absolute atomic E-state index is 12.7. The van der Waals surface area contributed by atoms with E-state index in [1.807, 2.05) is 25.1 Å². The van der Waals surface area contributed by atoms with E-state index >= 15 is 0 Å². The molecule has 0 atom stereocenters. The number of hydrogen-bond donors (Lipinski definition) is 0. The average Bonchev–Trinajstić information content (AvgIpc) is 2.63. The van der Waals surface area contributed by atoms with Gasteiger partial charge in [0.15, 0.2) is 0 Å². The summed E-state index contributed by atoms with van der Waals surface area (Å²) in [6.45, 7) is 3.81. The molecule has 1 aliphatic heterocycles. The first-order chi connectivity index (χ1) is 12.0. The molecule has 1 fully saturated rings. The van der Waals surface area contributed by atoms with Crippen LogP contribution in [0.15, 0.2) is 47.4 Å². The molecule has 7 heteroatoms. The van der Waals surface area contributed by atoms with E-state index in [1.54, 1.807) is 24.3 Å². The van der Waals surface area contributed by atoms with Crippen molar-refractivity contribution < 1.29 is 17.9 Å². The molecule has 1 aliphatic rings. The zero-order valence-electron chi connectivity index (χ0n) is 13.9. The molecule has 0 spiro atoms. The number of morpholine rings is 1. The van der Waals surface area contributed by atoms with Crippen LogP contribution >= 0.6 is 11.6 Å². The van der Waals surface area contributed by atoms with Gasteiger partial charge in [-0.15, -0.1) is 0 Å². The van der Waals surface area contributed by atoms with E-state index in [0.717, 1.165) is 11.1 Å². The molecule has 3 rings (SSSR count). The van der Waals surface area contributed by atoms with E-state index in [4.69, 9.17) is 21.1 Å². The number of hydrogen-bond acceptors (Lipinski definition) is 4. The molecule has 0 saturated carbocycles. The summed E-state index contributed by atoms with van der Waals surface area (Å²) in [5.74, 6) is 0.586. The lowest BCUT2D eigenvalue weighted by Crippen LogP contribution is -2.40. The van der Waals surface area contributed by atoms with Gasteiger partial charge in [-0.2, -0.15) is 4.31 Å². The van der Waals surface area contributed by atoms with Crippen LogP contribution in [0.2, 0.25) is 5.02 Å². The van der Waals surface area contributed by atoms with Gasteiger partial charge in [-0.3, -0.25) is 0 Å². The summed E-state index contributed by atoms with van der Waals surface area (Å²) in [7, 11) is -3.51. The summed E-state index contributed by atoms with van der Waals surface area (Å²) in [6, 6.07) is 12.4. The quantitative estimate of drug-likeness (QED) is 0.797. The lowest BCUT2D eigenvalue weighted by molar-refractivity contribution is 0.0730. The summed E-state index contributed by atoms with van der Waals surface area (Å²) >= 11 is 6.13. The number of ether oxygens (including phenoxy) is 2. The van der Waals surface area contributed by atoms with Gasteiger partial charge < -0.3 is 9.47 Å². The van der Waals surface area contributed by atoms with Crippen molar-refractivity contribution in [1.29, 1.82) is 0 Å². The predicted molar refractivity (Wildman–Crippen MR) is 96.5 cm³/mol. The minimum absolute atomic E-state index is 0.246. The largest absolute Gasteiger partial charge is 0.487 e. The topological polar surface area (TPSA) is 55.8 Å². The second-order valence-corrected chi connectivity index (χ2v) is 8.23. The van der Waals surface area contributed by atoms with Crippen LogP contribution in [0.1, 0.15) is 11.1 Å². The molecule has 5 nitrogen and oxygen atoms in total. The van der Waals surface area contributed by atoms with Gasteiger partial charge in [-0.1, -0.05) is 29.8 Å². The minimum atomic E-state index is -3.51. The van der Waals surface area contributed by atoms with Crippen LogP contribution in [0.4, 0.5) is 0 Å². The summed E-state index contributed by atoms with van der Waals surface area (Å²) in [5, 5.41) is 0.530. The Hall–Kier alpha value is -1.60. The van der Waals surface area contributed by atoms with E-state index in [2.05, 4.69) is 0 Å². The molecule has 0 aliphatic carbocycles. The van der Waals surface area contributed by atoms with Crippen molar-refractivity contribution in [2.75, 3.05) is 26.3 Å². The zero-order valence-corrected chi connectivity index (χ0v) is 15.5. The van der Waals surface area contributed by atoms with Gasteiger partial charge in [0.05, 0.1) is 23.1 Å². The highest BCUT2D eigenvalue weighted by Gasteiger charge is 2.26. The summed E-state index contributed by atoms with van der Waals surface area (Å²) in [5.41, 5.74) is 1.81. The Morgan fingerprint density at radius 2 is 1.92 bits per heavy atom. The molecule has 1 heterocycles. The van der Waals surface area contributed by atoms with Crippen LogP contribution in [-0.2, 0) is 21.4 Å². The van der Waals surface area contributed by atoms with Crippen molar-refractivity contribution in [1.82, 2.24) is 4.31 Å². The third-order valence-electron chi connectivity index (χ3n) is 3.99. The number of benzene rings is 2. The predicted octanol–water partition coefficient (Wildman–Crippen LogP) is 3.25. The molecule has 2 aromatic carbocycles. The van der Waals surface area contributed by atoms with Crippen LogP contribution in [0, 0.1) is 6.92 Å². The van der Waals surface area contributed by atoms with E-state index in [1.165, 1.54) is 4.31 Å². The van der Waals surface area contributed by atoms with Crippen LogP contribution in [0.5, 0.6) is 5.75 Å². The molecule has 0 aromatic heterocycles. The molecule has 0 N–H and O–H groups in total. The highest BCUT2D eigenvalue weighted by molar-refractivity contribution is 7.89. The fourth-order valence-electron chi connectivity index (χ4n) is 2.61. The Morgan fingerprint density at radius 3 is 2.68 bits per heavy atom. The summed E-state index contributed by atoms with van der Waals surface area (Å²) in [6.07, 6.45) is 0. The first kappa shape index (κ1) is 18.2. The SMILES string of the molecule is Cc1ccc(Cl)c(OCc2cccc(S(=O)(=O)N3CCOCC3)c2)c1. The lowest BCUT2D eigenvalue weighted by atomic mass is 10.2. The first-order valence-corrected chi connectivity index (χ1v) is 9.84. The minimum Gasteiger partial charge on any atom is -0.487 e. The normalized spacial score (nSPS) is 15.9. The standard InChI is InChI=1S/C18H20ClNO4S/c1-14-5-6-17(19)18(11-14)24-13-15-3-2-4-16(12-15)25(21,22)20-7-9-23-10-8-20/h2-6,11-12H,7-10,13H2,1H3. The number of nitrogens with zero attached hydrogens (tertiary/aromatic N) is 1. The highest BCUT2D eigenvalue weighted by atomic mass is 35.5. The summed E-state index contributed by atoms with van der Waals surface area (Å²) in [4.78, 5) is 0.269. The highest BCUT2D eigenvalue weighted by Crippen LogP contribution is 2.26. The molecule has 1 saturated heterocycles. The lowest BCUT2D eigenvalue weighted by Gasteiger charge is -2.26. The van der Waals surface area contributed by atoms with Gasteiger partial charge in [-0.25, -0.2) is 8.42 Å². The van der Waals surface area contributed by atoms with E-state index in [-0.39, 0.29) is 11.5 Å². The molecule has 2 aromatic rings. The van der Waals surface area contributed by atoms with Gasteiger partial charge in [0.2, 0.25) is 10.0 Å². The Labute approximate surface area is 153 Å². The van der Waals surface area contributed by atoms with Crippen molar-refractivity contribution in [3.63, 3.8) is 0 Å². The van der Waals surface area contributed by atoms with Crippen molar-refractivity contribution in [3.8, 4) is 5.75 Å². The Kier molecular flexibility index (Phi) is 5.64. The zero-order chi connectivity index (χ0) is 17.9. The second kappa shape index (κ2) is 7.74. The smallest absolute Gasteiger partial charge is 0.243 e. The fraction of sp³-hybridized carbons (Fsp3) is 0.333. The molecule has 0 unspecified atom stereocenters. The number of halogens is 1. The van der Waals surface area contributed by atoms with Gasteiger partial charge in [-0.05, 0) is 42.3 Å². The van der Waals surface area contributed by atoms with Crippen LogP contribution in [0.25, 0.3) is 0 Å². The molecule has 0 bridgehead atoms. The van der Waals surface area contributed by atoms with E-state index < -0.39 is 10.0 Å². The van der Waals surface area contributed by atoms with Gasteiger partial charge >= 0.3 is 0 Å². The van der Waals surface area contributed by atoms with Gasteiger partial charge in [0, 0.05) is 13.1 Å². The van der Waals surface area contributed by atoms with Gasteiger partial charge in [0.25, 0.3) is 0 Å². The third kappa shape index (κ3) is 4.33. The van der Waals surface area contributed by atoms with Crippen molar-refractivity contribution in [2.45, 2.75) is 18.4 Å². The van der Waals surface area contributed by atoms with Crippen LogP contribution in [-0.4, -0.2) is 39.0 Å². The number of sulfonamides is 1. The van der Waals surface area contributed by atoms with Gasteiger partial charge in [0.1, 0.15) is 12.4 Å². The molecule has 25 heavy (non-hydrogen) atoms. The Balaban J connectivity index is 1.76. The molecule has 0 radical (unpaired) electrons. The molecule has 134 valence electrons. The Bertz CT molecular complexity index is 848. The van der Waals surface area contributed by atoms with Crippen LogP contribution in [0.3, 0.4) is 0 Å². The summed E-state index contributed by atoms with van der Waals surface area (Å²) < 4.78 is 37.9. The average molecular weight is 382 g/mol. The first-order valence-electron chi connectivity index (χ1n) is 8.02. The second-order valence-electron chi connectivity index (χ2n) is 5.89. The molecular weight excluding hydrogens is 362 g/mol.